The van der Waals surface area contributed by atoms with Crippen molar-refractivity contribution in [3.8, 4) is 22.1 Å². The molecule has 0 amide bonds. The summed E-state index contributed by atoms with van der Waals surface area (Å²) in [4.78, 5) is 10.2. The van der Waals surface area contributed by atoms with Gasteiger partial charge in [-0.3, -0.25) is 0 Å². The van der Waals surface area contributed by atoms with Crippen LogP contribution >= 0.6 is 11.3 Å². The van der Waals surface area contributed by atoms with Gasteiger partial charge < -0.3 is 19.4 Å². The number of nitrogens with one attached hydrogen (secondary N) is 1. The summed E-state index contributed by atoms with van der Waals surface area (Å²) in [7, 11) is 3.29. The predicted octanol–water partition coefficient (Wildman–Crippen LogP) is 3.97. The Morgan fingerprint density at radius 1 is 1.14 bits per heavy atom. The molecule has 4 aromatic rings. The maximum absolute atomic E-state index is 5.45. The third-order valence-electron chi connectivity index (χ3n) is 4.57. The fourth-order valence-corrected chi connectivity index (χ4v) is 3.91. The minimum absolute atomic E-state index is 0.686. The van der Waals surface area contributed by atoms with Gasteiger partial charge in [-0.1, -0.05) is 6.07 Å². The monoisotopic (exact) mass is 394 g/mol. The summed E-state index contributed by atoms with van der Waals surface area (Å²) in [5.41, 5.74) is 3.06. The fraction of sp³-hybridized carbons (Fsp3) is 0.238. The summed E-state index contributed by atoms with van der Waals surface area (Å²) in [6.07, 6.45) is 5.59. The molecule has 0 fully saturated rings. The van der Waals surface area contributed by atoms with E-state index in [1.807, 2.05) is 24.7 Å². The number of methoxy groups -OCH3 is 2. The molecule has 0 saturated heterocycles. The molecule has 0 bridgehead atoms. The van der Waals surface area contributed by atoms with Crippen LogP contribution in [-0.4, -0.2) is 35.3 Å². The van der Waals surface area contributed by atoms with Gasteiger partial charge in [0.15, 0.2) is 11.5 Å². The van der Waals surface area contributed by atoms with Gasteiger partial charge in [-0.05, 0) is 29.1 Å². The highest BCUT2D eigenvalue weighted by Gasteiger charge is 2.13. The van der Waals surface area contributed by atoms with Crippen LogP contribution in [0.2, 0.25) is 0 Å². The van der Waals surface area contributed by atoms with E-state index >= 15 is 0 Å². The van der Waals surface area contributed by atoms with Crippen LogP contribution in [-0.2, 0) is 13.1 Å². The van der Waals surface area contributed by atoms with E-state index in [4.69, 9.17) is 14.5 Å². The Morgan fingerprint density at radius 2 is 2.00 bits per heavy atom. The second-order valence-corrected chi connectivity index (χ2v) is 7.30. The van der Waals surface area contributed by atoms with Crippen molar-refractivity contribution < 1.29 is 9.47 Å². The molecule has 7 heteroatoms. The molecule has 0 aliphatic carbocycles. The summed E-state index contributed by atoms with van der Waals surface area (Å²) in [5, 5.41) is 6.63. The maximum atomic E-state index is 5.45. The molecule has 0 saturated carbocycles. The van der Waals surface area contributed by atoms with Gasteiger partial charge in [-0.25, -0.2) is 9.97 Å². The Labute approximate surface area is 167 Å². The van der Waals surface area contributed by atoms with E-state index < -0.39 is 0 Å². The topological polar surface area (TPSA) is 61.2 Å². The van der Waals surface area contributed by atoms with Crippen LogP contribution in [0, 0.1) is 0 Å². The van der Waals surface area contributed by atoms with Crippen LogP contribution in [0.3, 0.4) is 0 Å². The summed E-state index contributed by atoms with van der Waals surface area (Å²) < 4.78 is 12.9. The third kappa shape index (κ3) is 3.85. The number of thiophene rings is 1. The van der Waals surface area contributed by atoms with E-state index in [1.165, 1.54) is 0 Å². The van der Waals surface area contributed by atoms with Gasteiger partial charge in [0, 0.05) is 43.5 Å². The number of rotatable bonds is 8. The van der Waals surface area contributed by atoms with Crippen LogP contribution in [0.1, 0.15) is 5.56 Å². The van der Waals surface area contributed by atoms with Crippen LogP contribution in [0.5, 0.6) is 11.5 Å². The zero-order valence-corrected chi connectivity index (χ0v) is 16.7. The first-order valence-electron chi connectivity index (χ1n) is 9.04. The van der Waals surface area contributed by atoms with Crippen LogP contribution in [0.25, 0.3) is 21.5 Å². The van der Waals surface area contributed by atoms with Crippen molar-refractivity contribution in [1.82, 2.24) is 19.9 Å². The van der Waals surface area contributed by atoms with Gasteiger partial charge in [0.05, 0.1) is 36.6 Å². The third-order valence-corrected chi connectivity index (χ3v) is 5.45. The number of pyridine rings is 1. The number of benzene rings is 1. The molecule has 6 nitrogen and oxygen atoms in total. The number of imidazole rings is 1. The standard InChI is InChI=1S/C21H22N4O2S/c1-26-18-11-15-10-16(13-22-5-7-25-8-6-23-14-25)21(20-4-3-9-28-20)24-17(15)12-19(18)27-2/h3-4,6,8-12,14,22H,5,7,13H2,1-2H3. The van der Waals surface area contributed by atoms with E-state index in [0.717, 1.165) is 46.7 Å². The van der Waals surface area contributed by atoms with E-state index in [0.29, 0.717) is 11.5 Å². The lowest BCUT2D eigenvalue weighted by Gasteiger charge is -2.13. The lowest BCUT2D eigenvalue weighted by Crippen LogP contribution is -2.19. The molecule has 0 atom stereocenters. The summed E-state index contributed by atoms with van der Waals surface area (Å²) >= 11 is 1.69. The first kappa shape index (κ1) is 18.5. The second kappa shape index (κ2) is 8.41. The molecular formula is C21H22N4O2S. The minimum atomic E-state index is 0.686. The van der Waals surface area contributed by atoms with Crippen LogP contribution < -0.4 is 14.8 Å². The highest BCUT2D eigenvalue weighted by atomic mass is 32.1. The summed E-state index contributed by atoms with van der Waals surface area (Å²) in [5.74, 6) is 1.39. The zero-order valence-electron chi connectivity index (χ0n) is 15.9. The molecule has 1 aromatic carbocycles. The summed E-state index contributed by atoms with van der Waals surface area (Å²) in [6, 6.07) is 10.3. The lowest BCUT2D eigenvalue weighted by atomic mass is 10.1. The van der Waals surface area contributed by atoms with Gasteiger partial charge in [-0.15, -0.1) is 11.3 Å². The Kier molecular flexibility index (Phi) is 5.55. The SMILES string of the molecule is COc1cc2cc(CNCCn3ccnc3)c(-c3cccs3)nc2cc1OC. The number of fused-ring (bicyclic) bond motifs is 1. The highest BCUT2D eigenvalue weighted by Crippen LogP contribution is 2.35. The van der Waals surface area contributed by atoms with Gasteiger partial charge in [-0.2, -0.15) is 0 Å². The van der Waals surface area contributed by atoms with E-state index in [-0.39, 0.29) is 0 Å². The second-order valence-electron chi connectivity index (χ2n) is 6.35. The Bertz CT molecular complexity index is 1050. The van der Waals surface area contributed by atoms with Gasteiger partial charge in [0.2, 0.25) is 0 Å². The van der Waals surface area contributed by atoms with E-state index in [2.05, 4.69) is 38.4 Å². The number of nitrogens with zero attached hydrogens (tertiary/aromatic N) is 3. The Hall–Kier alpha value is -2.90. The highest BCUT2D eigenvalue weighted by molar-refractivity contribution is 7.13. The van der Waals surface area contributed by atoms with Crippen molar-refractivity contribution in [1.29, 1.82) is 0 Å². The van der Waals surface area contributed by atoms with Gasteiger partial charge >= 0.3 is 0 Å². The quantitative estimate of drug-likeness (QED) is 0.458. The molecule has 4 rings (SSSR count). The number of hydrogen-bond acceptors (Lipinski definition) is 6. The van der Waals surface area contributed by atoms with Crippen LogP contribution in [0.15, 0.2) is 54.4 Å². The lowest BCUT2D eigenvalue weighted by molar-refractivity contribution is 0.356. The molecular weight excluding hydrogens is 372 g/mol. The van der Waals surface area contributed by atoms with Crippen molar-refractivity contribution in [3.63, 3.8) is 0 Å². The average Bonchev–Trinajstić information content (AvgIpc) is 3.43. The van der Waals surface area contributed by atoms with Gasteiger partial charge in [0.1, 0.15) is 0 Å². The molecule has 3 heterocycles. The largest absolute Gasteiger partial charge is 0.493 e. The number of hydrogen-bond donors (Lipinski definition) is 1. The average molecular weight is 395 g/mol. The molecule has 0 radical (unpaired) electrons. The predicted molar refractivity (Wildman–Crippen MR) is 112 cm³/mol. The first-order chi connectivity index (χ1) is 13.8. The fourth-order valence-electron chi connectivity index (χ4n) is 3.16. The van der Waals surface area contributed by atoms with Gasteiger partial charge in [0.25, 0.3) is 0 Å². The summed E-state index contributed by atoms with van der Waals surface area (Å²) in [6.45, 7) is 2.46. The molecule has 1 N–H and O–H groups in total. The molecule has 28 heavy (non-hydrogen) atoms. The number of aromatic nitrogens is 3. The van der Waals surface area contributed by atoms with Crippen molar-refractivity contribution in [2.45, 2.75) is 13.1 Å². The van der Waals surface area contributed by atoms with E-state index in [9.17, 15) is 0 Å². The normalized spacial score (nSPS) is 11.1. The van der Waals surface area contributed by atoms with Crippen molar-refractivity contribution in [2.24, 2.45) is 0 Å². The zero-order chi connectivity index (χ0) is 19.3. The van der Waals surface area contributed by atoms with E-state index in [1.54, 1.807) is 31.8 Å². The van der Waals surface area contributed by atoms with Crippen molar-refractivity contribution in [3.05, 3.63) is 60.0 Å². The molecule has 3 aromatic heterocycles. The van der Waals surface area contributed by atoms with Crippen molar-refractivity contribution in [2.75, 3.05) is 20.8 Å². The molecule has 0 spiro atoms. The minimum Gasteiger partial charge on any atom is -0.493 e. The molecule has 0 aliphatic rings. The molecule has 144 valence electrons. The van der Waals surface area contributed by atoms with Crippen LogP contribution in [0.4, 0.5) is 0 Å². The van der Waals surface area contributed by atoms with Crippen molar-refractivity contribution >= 4 is 22.2 Å². The number of ether oxygens (including phenoxy) is 2. The first-order valence-corrected chi connectivity index (χ1v) is 9.92. The smallest absolute Gasteiger partial charge is 0.162 e. The Balaban J connectivity index is 1.65. The Morgan fingerprint density at radius 3 is 2.71 bits per heavy atom. The molecule has 0 unspecified atom stereocenters. The maximum Gasteiger partial charge on any atom is 0.162 e. The molecule has 0 aliphatic heterocycles.